The molecule has 28 heavy (non-hydrogen) atoms. The molecule has 1 unspecified atom stereocenters. The van der Waals surface area contributed by atoms with E-state index in [1.807, 2.05) is 18.2 Å². The van der Waals surface area contributed by atoms with Gasteiger partial charge in [0, 0.05) is 22.8 Å². The zero-order valence-electron chi connectivity index (χ0n) is 14.8. The van der Waals surface area contributed by atoms with E-state index in [1.165, 1.54) is 6.07 Å². The van der Waals surface area contributed by atoms with Gasteiger partial charge in [0.2, 0.25) is 5.70 Å². The third-order valence-electron chi connectivity index (χ3n) is 4.70. The van der Waals surface area contributed by atoms with Gasteiger partial charge in [0.1, 0.15) is 11.6 Å². The number of benzene rings is 2. The maximum atomic E-state index is 11.6. The predicted octanol–water partition coefficient (Wildman–Crippen LogP) is 4.17. The minimum absolute atomic E-state index is 0.0397. The van der Waals surface area contributed by atoms with E-state index >= 15 is 0 Å². The fraction of sp³-hybridized carbons (Fsp3) is 0.100. The first-order valence-electron chi connectivity index (χ1n) is 8.44. The van der Waals surface area contributed by atoms with Crippen molar-refractivity contribution in [2.24, 2.45) is 0 Å². The molecule has 138 valence electrons. The Balaban J connectivity index is 2.01. The quantitative estimate of drug-likeness (QED) is 0.406. The summed E-state index contributed by atoms with van der Waals surface area (Å²) in [6, 6.07) is 13.8. The Morgan fingerprint density at radius 1 is 1.18 bits per heavy atom. The van der Waals surface area contributed by atoms with Crippen molar-refractivity contribution < 1.29 is 9.66 Å². The Labute approximate surface area is 160 Å². The van der Waals surface area contributed by atoms with E-state index in [1.54, 1.807) is 37.6 Å². The molecular formula is C20H15N5O3. The van der Waals surface area contributed by atoms with E-state index in [9.17, 15) is 10.1 Å². The number of fused-ring (bicyclic) bond motifs is 1. The second-order valence-corrected chi connectivity index (χ2v) is 6.15. The molecule has 0 bridgehead atoms. The van der Waals surface area contributed by atoms with Crippen molar-refractivity contribution in [3.05, 3.63) is 98.6 Å². The van der Waals surface area contributed by atoms with Crippen LogP contribution in [0, 0.1) is 16.7 Å². The lowest BCUT2D eigenvalue weighted by molar-refractivity contribution is -0.385. The fourth-order valence-electron chi connectivity index (χ4n) is 3.48. The first-order valence-corrected chi connectivity index (χ1v) is 8.44. The summed E-state index contributed by atoms with van der Waals surface area (Å²) in [4.78, 5) is 15.0. The molecule has 1 aliphatic rings. The van der Waals surface area contributed by atoms with Crippen molar-refractivity contribution in [1.29, 1.82) is 0 Å². The lowest BCUT2D eigenvalue weighted by Gasteiger charge is -2.27. The number of hydrogen-bond donors (Lipinski definition) is 2. The molecule has 2 N–H and O–H groups in total. The molecule has 0 radical (unpaired) electrons. The van der Waals surface area contributed by atoms with Crippen molar-refractivity contribution in [3.63, 3.8) is 0 Å². The molecule has 0 amide bonds. The van der Waals surface area contributed by atoms with Gasteiger partial charge >= 0.3 is 0 Å². The minimum Gasteiger partial charge on any atom is -0.496 e. The highest BCUT2D eigenvalue weighted by Gasteiger charge is 2.36. The van der Waals surface area contributed by atoms with Crippen LogP contribution in [-0.2, 0) is 0 Å². The summed E-state index contributed by atoms with van der Waals surface area (Å²) < 4.78 is 5.45. The number of nitro groups is 1. The Bertz CT molecular complexity index is 1140. The van der Waals surface area contributed by atoms with E-state index in [0.29, 0.717) is 39.7 Å². The third-order valence-corrected chi connectivity index (χ3v) is 4.70. The van der Waals surface area contributed by atoms with Crippen molar-refractivity contribution >= 4 is 17.2 Å². The van der Waals surface area contributed by atoms with E-state index in [4.69, 9.17) is 11.3 Å². The number of nitrogens with zero attached hydrogens (tertiary/aromatic N) is 3. The summed E-state index contributed by atoms with van der Waals surface area (Å²) in [7, 11) is 1.56. The van der Waals surface area contributed by atoms with Crippen LogP contribution < -0.4 is 10.1 Å². The van der Waals surface area contributed by atoms with E-state index in [2.05, 4.69) is 20.4 Å². The Morgan fingerprint density at radius 3 is 2.68 bits per heavy atom. The SMILES string of the molecule is [C-]#[N+]C1=C(c2ccccc2OC)Nc2[nH]ncc2C1c1ccccc1[N+](=O)[O-]. The average Bonchev–Trinajstić information content (AvgIpc) is 3.20. The number of methoxy groups -OCH3 is 1. The molecule has 0 aliphatic carbocycles. The summed E-state index contributed by atoms with van der Waals surface area (Å²) in [5, 5.41) is 21.8. The minimum atomic E-state index is -0.631. The monoisotopic (exact) mass is 373 g/mol. The number of H-pyrrole nitrogens is 1. The molecular weight excluding hydrogens is 358 g/mol. The van der Waals surface area contributed by atoms with Gasteiger partial charge in [0.15, 0.2) is 0 Å². The van der Waals surface area contributed by atoms with Gasteiger partial charge in [-0.15, -0.1) is 0 Å². The van der Waals surface area contributed by atoms with Crippen molar-refractivity contribution in [3.8, 4) is 5.75 Å². The summed E-state index contributed by atoms with van der Waals surface area (Å²) in [6.07, 6.45) is 1.59. The molecule has 1 aromatic heterocycles. The number of para-hydroxylation sites is 2. The largest absolute Gasteiger partial charge is 0.496 e. The van der Waals surface area contributed by atoms with Crippen molar-refractivity contribution in [2.75, 3.05) is 12.4 Å². The normalized spacial score (nSPS) is 15.4. The lowest BCUT2D eigenvalue weighted by Crippen LogP contribution is -2.17. The number of allylic oxidation sites excluding steroid dienone is 1. The van der Waals surface area contributed by atoms with Crippen LogP contribution in [0.2, 0.25) is 0 Å². The van der Waals surface area contributed by atoms with Crippen LogP contribution in [0.1, 0.15) is 22.6 Å². The highest BCUT2D eigenvalue weighted by molar-refractivity contribution is 5.87. The molecule has 2 aromatic carbocycles. The molecule has 0 fully saturated rings. The molecule has 0 saturated heterocycles. The van der Waals surface area contributed by atoms with E-state index in [0.717, 1.165) is 0 Å². The highest BCUT2D eigenvalue weighted by atomic mass is 16.6. The Kier molecular flexibility index (Phi) is 4.26. The molecule has 2 heterocycles. The molecule has 0 spiro atoms. The first kappa shape index (κ1) is 17.3. The van der Waals surface area contributed by atoms with Gasteiger partial charge < -0.3 is 10.1 Å². The zero-order valence-corrected chi connectivity index (χ0v) is 14.8. The van der Waals surface area contributed by atoms with Gasteiger partial charge in [-0.25, -0.2) is 4.85 Å². The number of anilines is 1. The standard InChI is InChI=1S/C20H15N5O3/c1-21-19-17(12-7-3-5-9-15(12)25(26)27)14-11-22-24-20(14)23-18(19)13-8-4-6-10-16(13)28-2/h3-11,17H,2H3,(H2,22,23,24). The molecule has 1 atom stereocenters. The number of nitro benzene ring substituents is 1. The van der Waals surface area contributed by atoms with Gasteiger partial charge in [0.05, 0.1) is 36.4 Å². The number of hydrogen-bond acceptors (Lipinski definition) is 5. The van der Waals surface area contributed by atoms with E-state index in [-0.39, 0.29) is 5.69 Å². The van der Waals surface area contributed by atoms with Crippen LogP contribution in [-0.4, -0.2) is 22.2 Å². The summed E-state index contributed by atoms with van der Waals surface area (Å²) in [6.45, 7) is 7.84. The van der Waals surface area contributed by atoms with Crippen LogP contribution >= 0.6 is 0 Å². The number of rotatable bonds is 4. The van der Waals surface area contributed by atoms with Crippen LogP contribution in [0.25, 0.3) is 10.5 Å². The van der Waals surface area contributed by atoms with Crippen LogP contribution in [0.3, 0.4) is 0 Å². The average molecular weight is 373 g/mol. The number of aromatic amines is 1. The molecule has 3 aromatic rings. The molecule has 0 saturated carbocycles. The topological polar surface area (TPSA) is 97.4 Å². The second-order valence-electron chi connectivity index (χ2n) is 6.15. The van der Waals surface area contributed by atoms with Crippen LogP contribution in [0.15, 0.2) is 60.4 Å². The van der Waals surface area contributed by atoms with Gasteiger partial charge in [-0.1, -0.05) is 36.4 Å². The number of aromatic nitrogens is 2. The lowest BCUT2D eigenvalue weighted by atomic mass is 9.84. The molecule has 4 rings (SSSR count). The first-order chi connectivity index (χ1) is 13.7. The number of ether oxygens (including phenoxy) is 1. The van der Waals surface area contributed by atoms with Gasteiger partial charge in [0.25, 0.3) is 5.69 Å². The fourth-order valence-corrected chi connectivity index (χ4v) is 3.48. The summed E-state index contributed by atoms with van der Waals surface area (Å²) in [5.74, 6) is 0.556. The van der Waals surface area contributed by atoms with Crippen molar-refractivity contribution in [1.82, 2.24) is 10.2 Å². The summed E-state index contributed by atoms with van der Waals surface area (Å²) in [5.41, 5.74) is 2.65. The van der Waals surface area contributed by atoms with E-state index < -0.39 is 10.8 Å². The second kappa shape index (κ2) is 6.89. The predicted molar refractivity (Wildman–Crippen MR) is 104 cm³/mol. The zero-order chi connectivity index (χ0) is 19.7. The van der Waals surface area contributed by atoms with Crippen molar-refractivity contribution in [2.45, 2.75) is 5.92 Å². The Morgan fingerprint density at radius 2 is 1.93 bits per heavy atom. The summed E-state index contributed by atoms with van der Waals surface area (Å²) >= 11 is 0. The van der Waals surface area contributed by atoms with Crippen LogP contribution in [0.5, 0.6) is 5.75 Å². The van der Waals surface area contributed by atoms with Gasteiger partial charge in [-0.2, -0.15) is 5.10 Å². The Hall–Kier alpha value is -4.12. The smallest absolute Gasteiger partial charge is 0.272 e. The maximum absolute atomic E-state index is 11.6. The molecule has 1 aliphatic heterocycles. The van der Waals surface area contributed by atoms with Gasteiger partial charge in [-0.3, -0.25) is 15.2 Å². The highest BCUT2D eigenvalue weighted by Crippen LogP contribution is 2.47. The molecule has 8 nitrogen and oxygen atoms in total. The maximum Gasteiger partial charge on any atom is 0.272 e. The van der Waals surface area contributed by atoms with Gasteiger partial charge in [-0.05, 0) is 6.07 Å². The number of nitrogens with one attached hydrogen (secondary N) is 2. The molecule has 8 heteroatoms. The van der Waals surface area contributed by atoms with Crippen LogP contribution in [0.4, 0.5) is 11.5 Å². The third kappa shape index (κ3) is 2.66.